The van der Waals surface area contributed by atoms with Crippen LogP contribution >= 0.6 is 0 Å². The number of likely N-dealkylation sites (N-methyl/N-ethyl adjacent to an activating group) is 1. The van der Waals surface area contributed by atoms with E-state index in [1.807, 2.05) is 0 Å². The Balaban J connectivity index is 1.22. The van der Waals surface area contributed by atoms with Gasteiger partial charge in [-0.25, -0.2) is 0 Å². The van der Waals surface area contributed by atoms with Gasteiger partial charge >= 0.3 is 0 Å². The number of hydrogen-bond acceptors (Lipinski definition) is 5. The highest BCUT2D eigenvalue weighted by Crippen LogP contribution is 2.33. The third-order valence-electron chi connectivity index (χ3n) is 8.39. The molecule has 4 aliphatic rings. The van der Waals surface area contributed by atoms with Gasteiger partial charge in [0.1, 0.15) is 18.5 Å². The minimum atomic E-state index is -0.296. The number of hydrogen-bond donors (Lipinski definition) is 2. The van der Waals surface area contributed by atoms with Crippen molar-refractivity contribution in [2.75, 3.05) is 19.0 Å². The number of benzene rings is 1. The first-order valence-electron chi connectivity index (χ1n) is 13.8. The lowest BCUT2D eigenvalue weighted by Gasteiger charge is -2.42. The van der Waals surface area contributed by atoms with Crippen LogP contribution in [0.5, 0.6) is 5.75 Å². The molecule has 2 heterocycles. The minimum Gasteiger partial charge on any atom is -0.490 e. The molecule has 1 aromatic rings. The number of carbonyl (C=O) groups is 3. The van der Waals surface area contributed by atoms with E-state index in [0.29, 0.717) is 36.1 Å². The fourth-order valence-electron chi connectivity index (χ4n) is 6.28. The topological polar surface area (TPSA) is 97.0 Å². The number of fused-ring (bicyclic) bond motifs is 2. The fraction of sp³-hybridized carbons (Fsp3) is 0.679. The first-order valence-corrected chi connectivity index (χ1v) is 13.8. The number of anilines is 1. The molecule has 0 spiro atoms. The maximum Gasteiger partial charge on any atom is 0.257 e. The molecule has 36 heavy (non-hydrogen) atoms. The van der Waals surface area contributed by atoms with Crippen LogP contribution in [0.1, 0.15) is 87.4 Å². The van der Waals surface area contributed by atoms with E-state index in [0.717, 1.165) is 51.4 Å². The Morgan fingerprint density at radius 2 is 1.75 bits per heavy atom. The van der Waals surface area contributed by atoms with Crippen molar-refractivity contribution in [2.24, 2.45) is 5.92 Å². The summed E-state index contributed by atoms with van der Waals surface area (Å²) in [6.45, 7) is 0.309. The Morgan fingerprint density at radius 3 is 2.53 bits per heavy atom. The average molecular weight is 498 g/mol. The van der Waals surface area contributed by atoms with Crippen LogP contribution in [0.25, 0.3) is 0 Å². The van der Waals surface area contributed by atoms with E-state index in [9.17, 15) is 14.4 Å². The zero-order valence-corrected chi connectivity index (χ0v) is 21.3. The summed E-state index contributed by atoms with van der Waals surface area (Å²) in [6, 6.07) is 5.46. The molecule has 1 saturated heterocycles. The highest BCUT2D eigenvalue weighted by atomic mass is 16.5. The van der Waals surface area contributed by atoms with Crippen molar-refractivity contribution in [3.05, 3.63) is 23.8 Å². The Labute approximate surface area is 213 Å². The van der Waals surface area contributed by atoms with Crippen molar-refractivity contribution in [3.63, 3.8) is 0 Å². The number of nitrogens with zero attached hydrogens (tertiary/aromatic N) is 1. The molecular weight excluding hydrogens is 458 g/mol. The van der Waals surface area contributed by atoms with Crippen molar-refractivity contribution in [2.45, 2.75) is 101 Å². The van der Waals surface area contributed by atoms with Crippen LogP contribution < -0.4 is 15.4 Å². The molecule has 0 bridgehead atoms. The molecule has 3 fully saturated rings. The normalized spacial score (nSPS) is 27.3. The molecule has 2 aliphatic heterocycles. The zero-order valence-electron chi connectivity index (χ0n) is 21.3. The zero-order chi connectivity index (χ0) is 25.1. The summed E-state index contributed by atoms with van der Waals surface area (Å²) >= 11 is 0. The number of amides is 3. The number of nitrogens with one attached hydrogen (secondary N) is 2. The Kier molecular flexibility index (Phi) is 7.79. The summed E-state index contributed by atoms with van der Waals surface area (Å²) in [5.74, 6) is 0.476. The van der Waals surface area contributed by atoms with E-state index >= 15 is 0 Å². The van der Waals surface area contributed by atoms with Gasteiger partial charge in [0.25, 0.3) is 5.91 Å². The maximum atomic E-state index is 13.5. The summed E-state index contributed by atoms with van der Waals surface area (Å²) in [5, 5.41) is 6.16. The summed E-state index contributed by atoms with van der Waals surface area (Å²) in [4.78, 5) is 40.4. The highest BCUT2D eigenvalue weighted by molar-refractivity contribution is 6.00. The van der Waals surface area contributed by atoms with Gasteiger partial charge in [-0.3, -0.25) is 14.4 Å². The average Bonchev–Trinajstić information content (AvgIpc) is 3.40. The molecule has 2 saturated carbocycles. The van der Waals surface area contributed by atoms with Crippen molar-refractivity contribution >= 4 is 23.4 Å². The molecule has 8 heteroatoms. The first kappa shape index (κ1) is 25.1. The molecule has 2 N–H and O–H groups in total. The molecule has 2 aliphatic carbocycles. The fourth-order valence-corrected chi connectivity index (χ4v) is 6.28. The maximum absolute atomic E-state index is 13.5. The monoisotopic (exact) mass is 497 g/mol. The van der Waals surface area contributed by atoms with Gasteiger partial charge < -0.3 is 25.0 Å². The van der Waals surface area contributed by atoms with E-state index in [2.05, 4.69) is 10.6 Å². The Hall–Kier alpha value is -2.61. The van der Waals surface area contributed by atoms with Gasteiger partial charge in [-0.2, -0.15) is 0 Å². The lowest BCUT2D eigenvalue weighted by atomic mass is 9.88. The SMILES string of the molecule is CN1C(=O)c2cc(NC(=O)C3CCCCC3)ccc2OC[C@@H]2O[C@@H](CC(=O)NC3CCCC3)CC[C@@H]21. The van der Waals surface area contributed by atoms with Crippen LogP contribution in [0.4, 0.5) is 5.69 Å². The Bertz CT molecular complexity index is 970. The van der Waals surface area contributed by atoms with Crippen molar-refractivity contribution in [1.82, 2.24) is 10.2 Å². The number of carbonyl (C=O) groups excluding carboxylic acids is 3. The molecule has 0 unspecified atom stereocenters. The quantitative estimate of drug-likeness (QED) is 0.640. The van der Waals surface area contributed by atoms with E-state index in [1.54, 1.807) is 30.1 Å². The van der Waals surface area contributed by atoms with E-state index < -0.39 is 0 Å². The van der Waals surface area contributed by atoms with Gasteiger partial charge in [-0.05, 0) is 56.7 Å². The molecule has 3 amide bonds. The van der Waals surface area contributed by atoms with Crippen LogP contribution in [0.3, 0.4) is 0 Å². The summed E-state index contributed by atoms with van der Waals surface area (Å²) in [5.41, 5.74) is 1.08. The lowest BCUT2D eigenvalue weighted by Crippen LogP contribution is -2.54. The van der Waals surface area contributed by atoms with Gasteiger partial charge in [0.2, 0.25) is 11.8 Å². The molecule has 196 valence electrons. The van der Waals surface area contributed by atoms with Gasteiger partial charge in [0, 0.05) is 24.7 Å². The van der Waals surface area contributed by atoms with Gasteiger partial charge in [0.05, 0.1) is 24.1 Å². The first-order chi connectivity index (χ1) is 17.5. The molecule has 3 atom stereocenters. The predicted molar refractivity (Wildman–Crippen MR) is 136 cm³/mol. The van der Waals surface area contributed by atoms with Crippen molar-refractivity contribution in [1.29, 1.82) is 0 Å². The van der Waals surface area contributed by atoms with Crippen LogP contribution in [0.15, 0.2) is 18.2 Å². The standard InChI is InChI=1S/C28H39N3O5/c1-31-23-13-12-21(16-26(32)29-19-9-5-6-10-19)36-25(23)17-35-24-14-11-20(15-22(24)28(31)34)30-27(33)18-7-3-2-4-8-18/h11,14-15,18-19,21,23,25H,2-10,12-13,16-17H2,1H3,(H,29,32)(H,30,33)/t21-,23+,25+/m1/s1. The van der Waals surface area contributed by atoms with E-state index in [-0.39, 0.29) is 41.9 Å². The van der Waals surface area contributed by atoms with Crippen LogP contribution in [0.2, 0.25) is 0 Å². The van der Waals surface area contributed by atoms with Crippen molar-refractivity contribution in [3.8, 4) is 5.75 Å². The second kappa shape index (κ2) is 11.2. The van der Waals surface area contributed by atoms with Gasteiger partial charge in [0.15, 0.2) is 0 Å². The van der Waals surface area contributed by atoms with E-state index in [1.165, 1.54) is 19.3 Å². The molecule has 5 rings (SSSR count). The third kappa shape index (κ3) is 5.69. The predicted octanol–water partition coefficient (Wildman–Crippen LogP) is 4.03. The van der Waals surface area contributed by atoms with Crippen LogP contribution in [0, 0.1) is 5.92 Å². The van der Waals surface area contributed by atoms with Gasteiger partial charge in [-0.1, -0.05) is 32.1 Å². The van der Waals surface area contributed by atoms with Crippen LogP contribution in [-0.2, 0) is 14.3 Å². The molecule has 1 aromatic carbocycles. The molecule has 8 nitrogen and oxygen atoms in total. The smallest absolute Gasteiger partial charge is 0.257 e. The largest absolute Gasteiger partial charge is 0.490 e. The van der Waals surface area contributed by atoms with E-state index in [4.69, 9.17) is 9.47 Å². The molecule has 0 aromatic heterocycles. The third-order valence-corrected chi connectivity index (χ3v) is 8.39. The molecule has 0 radical (unpaired) electrons. The lowest BCUT2D eigenvalue weighted by molar-refractivity contribution is -0.134. The second-order valence-electron chi connectivity index (χ2n) is 11.0. The number of ether oxygens (including phenoxy) is 2. The minimum absolute atomic E-state index is 0.0333. The van der Waals surface area contributed by atoms with Crippen molar-refractivity contribution < 1.29 is 23.9 Å². The summed E-state index contributed by atoms with van der Waals surface area (Å²) in [6.07, 6.45) is 11.1. The summed E-state index contributed by atoms with van der Waals surface area (Å²) < 4.78 is 12.4. The Morgan fingerprint density at radius 1 is 1.00 bits per heavy atom. The second-order valence-corrected chi connectivity index (χ2v) is 11.0. The molecular formula is C28H39N3O5. The van der Waals surface area contributed by atoms with Gasteiger partial charge in [-0.15, -0.1) is 0 Å². The van der Waals surface area contributed by atoms with Crippen LogP contribution in [-0.4, -0.2) is 60.6 Å². The number of rotatable bonds is 5. The summed E-state index contributed by atoms with van der Waals surface area (Å²) in [7, 11) is 1.80. The highest BCUT2D eigenvalue weighted by Gasteiger charge is 2.39.